The Balaban J connectivity index is 1.17. The first-order valence-corrected chi connectivity index (χ1v) is 13.6. The number of carbonyl (C=O) groups is 2. The molecule has 13 heteroatoms. The normalized spacial score (nSPS) is 22.3. The number of aromatic nitrogens is 2. The third kappa shape index (κ3) is 5.85. The van der Waals surface area contributed by atoms with Crippen LogP contribution in [-0.4, -0.2) is 70.6 Å². The van der Waals surface area contributed by atoms with E-state index in [9.17, 15) is 27.9 Å². The van der Waals surface area contributed by atoms with Gasteiger partial charge in [-0.3, -0.25) is 19.5 Å². The molecule has 2 amide bonds. The van der Waals surface area contributed by atoms with E-state index in [2.05, 4.69) is 30.8 Å². The third-order valence-corrected chi connectivity index (χ3v) is 8.47. The molecule has 3 heterocycles. The molecule has 1 aliphatic carbocycles. The number of amides is 2. The minimum atomic E-state index is -4.55. The Morgan fingerprint density at radius 3 is 2.59 bits per heavy atom. The molecule has 1 saturated heterocycles. The maximum absolute atomic E-state index is 13.3. The number of benzene rings is 1. The van der Waals surface area contributed by atoms with Gasteiger partial charge in [0.2, 0.25) is 5.91 Å². The quantitative estimate of drug-likeness (QED) is 0.349. The number of fused-ring (bicyclic) bond motifs is 1. The van der Waals surface area contributed by atoms with Crippen molar-refractivity contribution in [1.29, 1.82) is 0 Å². The summed E-state index contributed by atoms with van der Waals surface area (Å²) in [6.45, 7) is 1.22. The molecule has 2 fully saturated rings. The van der Waals surface area contributed by atoms with Crippen LogP contribution in [0, 0.1) is 0 Å². The zero-order valence-electron chi connectivity index (χ0n) is 21.2. The van der Waals surface area contributed by atoms with E-state index < -0.39 is 23.2 Å². The zero-order valence-corrected chi connectivity index (χ0v) is 22.0. The average molecular weight is 563 g/mol. The van der Waals surface area contributed by atoms with Crippen LogP contribution in [-0.2, 0) is 16.6 Å². The lowest BCUT2D eigenvalue weighted by Gasteiger charge is -2.48. The van der Waals surface area contributed by atoms with Gasteiger partial charge in [0.05, 0.1) is 34.1 Å². The molecule has 2 aliphatic rings. The van der Waals surface area contributed by atoms with Gasteiger partial charge in [-0.05, 0) is 49.9 Å². The summed E-state index contributed by atoms with van der Waals surface area (Å²) < 4.78 is 39.9. The maximum Gasteiger partial charge on any atom is 0.416 e. The van der Waals surface area contributed by atoms with E-state index in [1.54, 1.807) is 11.7 Å². The summed E-state index contributed by atoms with van der Waals surface area (Å²) >= 11 is 1.47. The van der Waals surface area contributed by atoms with Crippen LogP contribution in [0.25, 0.3) is 10.9 Å². The summed E-state index contributed by atoms with van der Waals surface area (Å²) in [4.78, 5) is 36.2. The number of nitrogens with zero attached hydrogens (tertiary/aromatic N) is 3. The highest BCUT2D eigenvalue weighted by Crippen LogP contribution is 2.41. The number of anilines is 1. The Morgan fingerprint density at radius 1 is 1.21 bits per heavy atom. The minimum Gasteiger partial charge on any atom is -0.384 e. The van der Waals surface area contributed by atoms with Gasteiger partial charge in [-0.25, -0.2) is 4.98 Å². The van der Waals surface area contributed by atoms with Gasteiger partial charge >= 0.3 is 6.18 Å². The molecule has 39 heavy (non-hydrogen) atoms. The first-order chi connectivity index (χ1) is 18.6. The lowest BCUT2D eigenvalue weighted by molar-refractivity contribution is -0.137. The van der Waals surface area contributed by atoms with Gasteiger partial charge in [-0.15, -0.1) is 11.3 Å². The number of likely N-dealkylation sites (tertiary alicyclic amines) is 1. The number of pyridine rings is 1. The second kappa shape index (κ2) is 10.7. The molecule has 0 spiro atoms. The minimum absolute atomic E-state index is 0.0250. The molecule has 0 radical (unpaired) electrons. The van der Waals surface area contributed by atoms with Crippen LogP contribution in [0.4, 0.5) is 18.9 Å². The van der Waals surface area contributed by atoms with Crippen LogP contribution in [0.2, 0.25) is 0 Å². The van der Waals surface area contributed by atoms with Gasteiger partial charge in [0.25, 0.3) is 5.91 Å². The molecular weight excluding hydrogens is 533 g/mol. The van der Waals surface area contributed by atoms with Crippen molar-refractivity contribution in [1.82, 2.24) is 25.5 Å². The van der Waals surface area contributed by atoms with Gasteiger partial charge in [0.15, 0.2) is 0 Å². The second-order valence-corrected chi connectivity index (χ2v) is 11.0. The number of alkyl halides is 3. The maximum atomic E-state index is 13.3. The Labute approximate surface area is 226 Å². The van der Waals surface area contributed by atoms with Crippen LogP contribution >= 0.6 is 11.3 Å². The number of aliphatic hydroxyl groups is 1. The van der Waals surface area contributed by atoms with E-state index in [-0.39, 0.29) is 40.8 Å². The van der Waals surface area contributed by atoms with Gasteiger partial charge in [-0.1, -0.05) is 0 Å². The molecular formula is C26H29F3N6O3S. The highest BCUT2D eigenvalue weighted by Gasteiger charge is 2.41. The summed E-state index contributed by atoms with van der Waals surface area (Å²) in [5.41, 5.74) is 0.519. The molecule has 1 aromatic carbocycles. The number of carbonyl (C=O) groups excluding carboxylic acids is 2. The Morgan fingerprint density at radius 2 is 1.95 bits per heavy atom. The molecule has 1 aliphatic heterocycles. The fourth-order valence-corrected chi connectivity index (χ4v) is 6.07. The van der Waals surface area contributed by atoms with Crippen LogP contribution in [0.1, 0.15) is 46.6 Å². The third-order valence-electron chi connectivity index (χ3n) is 7.50. The number of rotatable bonds is 7. The molecule has 3 aromatic rings. The Bertz CT molecular complexity index is 1350. The largest absolute Gasteiger partial charge is 0.416 e. The molecule has 0 atom stereocenters. The summed E-state index contributed by atoms with van der Waals surface area (Å²) in [6.07, 6.45) is 0.253. The SMILES string of the molecule is CNC(=O)c1cc(NCC(=O)NC2CN(C3CCC(O)(c4cncs4)CC3)C2)c2cc(C(F)(F)F)ccc2n1. The molecule has 0 bridgehead atoms. The predicted octanol–water partition coefficient (Wildman–Crippen LogP) is 3.11. The van der Waals surface area contributed by atoms with Gasteiger partial charge in [-0.2, -0.15) is 13.2 Å². The predicted molar refractivity (Wildman–Crippen MR) is 140 cm³/mol. The highest BCUT2D eigenvalue weighted by molar-refractivity contribution is 7.09. The molecule has 2 aromatic heterocycles. The van der Waals surface area contributed by atoms with E-state index in [0.29, 0.717) is 32.0 Å². The summed E-state index contributed by atoms with van der Waals surface area (Å²) in [7, 11) is 1.43. The van der Waals surface area contributed by atoms with Gasteiger partial charge in [0.1, 0.15) is 11.3 Å². The van der Waals surface area contributed by atoms with Crippen LogP contribution < -0.4 is 16.0 Å². The first kappa shape index (κ1) is 27.3. The van der Waals surface area contributed by atoms with Crippen LogP contribution in [0.5, 0.6) is 0 Å². The number of nitrogens with one attached hydrogen (secondary N) is 3. The van der Waals surface area contributed by atoms with Crippen molar-refractivity contribution in [2.45, 2.75) is 49.5 Å². The van der Waals surface area contributed by atoms with Crippen molar-refractivity contribution in [2.75, 3.05) is 32.0 Å². The van der Waals surface area contributed by atoms with Crippen molar-refractivity contribution < 1.29 is 27.9 Å². The van der Waals surface area contributed by atoms with E-state index >= 15 is 0 Å². The first-order valence-electron chi connectivity index (χ1n) is 12.7. The average Bonchev–Trinajstić information content (AvgIpc) is 3.44. The standard InChI is InChI=1S/C26H29F3N6O3S/c1-30-24(37)21-9-20(18-8-15(26(27,28)29)2-3-19(18)34-21)32-11-23(36)33-16-12-35(13-16)17-4-6-25(38,7-5-17)22-10-31-14-39-22/h2-3,8-10,14,16-17,38H,4-7,11-13H2,1H3,(H,30,37)(H,32,34)(H,33,36). The zero-order chi connectivity index (χ0) is 27.8. The van der Waals surface area contributed by atoms with Crippen molar-refractivity contribution in [3.63, 3.8) is 0 Å². The lowest BCUT2D eigenvalue weighted by atomic mass is 9.80. The molecule has 5 rings (SSSR count). The lowest BCUT2D eigenvalue weighted by Crippen LogP contribution is -2.63. The Kier molecular flexibility index (Phi) is 7.49. The van der Waals surface area contributed by atoms with E-state index in [4.69, 9.17) is 0 Å². The molecule has 9 nitrogen and oxygen atoms in total. The van der Waals surface area contributed by atoms with Gasteiger partial charge < -0.3 is 21.1 Å². The fraction of sp³-hybridized carbons (Fsp3) is 0.462. The molecule has 208 valence electrons. The fourth-order valence-electron chi connectivity index (χ4n) is 5.29. The number of hydrogen-bond acceptors (Lipinski definition) is 8. The van der Waals surface area contributed by atoms with Gasteiger partial charge in [0, 0.05) is 43.4 Å². The number of hydrogen-bond donors (Lipinski definition) is 4. The molecule has 0 unspecified atom stereocenters. The summed E-state index contributed by atoms with van der Waals surface area (Å²) in [6, 6.07) is 4.74. The van der Waals surface area contributed by atoms with E-state index in [1.807, 2.05) is 0 Å². The van der Waals surface area contributed by atoms with Crippen molar-refractivity contribution in [2.24, 2.45) is 0 Å². The van der Waals surface area contributed by atoms with Crippen LogP contribution in [0.15, 0.2) is 36.0 Å². The van der Waals surface area contributed by atoms with Crippen molar-refractivity contribution in [3.8, 4) is 0 Å². The number of halogens is 3. The Hall–Kier alpha value is -3.29. The van der Waals surface area contributed by atoms with E-state index in [1.165, 1.54) is 30.5 Å². The second-order valence-electron chi connectivity index (χ2n) is 10.1. The highest BCUT2D eigenvalue weighted by atomic mass is 32.1. The van der Waals surface area contributed by atoms with E-state index in [0.717, 1.165) is 29.9 Å². The number of thiazole rings is 1. The molecule has 4 N–H and O–H groups in total. The molecule has 1 saturated carbocycles. The summed E-state index contributed by atoms with van der Waals surface area (Å²) in [5, 5.41) is 19.4. The summed E-state index contributed by atoms with van der Waals surface area (Å²) in [5.74, 6) is -0.798. The van der Waals surface area contributed by atoms with Crippen molar-refractivity contribution >= 4 is 39.7 Å². The van der Waals surface area contributed by atoms with Crippen LogP contribution in [0.3, 0.4) is 0 Å². The van der Waals surface area contributed by atoms with Crippen molar-refractivity contribution in [3.05, 3.63) is 52.1 Å². The smallest absolute Gasteiger partial charge is 0.384 e. The monoisotopic (exact) mass is 562 g/mol. The topological polar surface area (TPSA) is 119 Å².